The molecule has 2 amide bonds. The van der Waals surface area contributed by atoms with Gasteiger partial charge in [0, 0.05) is 25.4 Å². The molecule has 1 fully saturated rings. The fourth-order valence-corrected chi connectivity index (χ4v) is 2.62. The molecular weight excluding hydrogens is 297 g/mol. The monoisotopic (exact) mass is 316 g/mol. The number of urea groups is 1. The lowest BCUT2D eigenvalue weighted by molar-refractivity contribution is -0.137. The Kier molecular flexibility index (Phi) is 4.95. The number of hydrogen-bond acceptors (Lipinski definition) is 2. The molecule has 2 rings (SSSR count). The summed E-state index contributed by atoms with van der Waals surface area (Å²) in [6, 6.07) is 3.04. The first-order chi connectivity index (χ1) is 10.3. The molecule has 1 heterocycles. The van der Waals surface area contributed by atoms with Crippen LogP contribution >= 0.6 is 0 Å². The minimum Gasteiger partial charge on any atom is -0.396 e. The summed E-state index contributed by atoms with van der Waals surface area (Å²) in [5.41, 5.74) is -0.227. The van der Waals surface area contributed by atoms with Crippen LogP contribution in [-0.2, 0) is 6.18 Å². The smallest absolute Gasteiger partial charge is 0.396 e. The highest BCUT2D eigenvalue weighted by Gasteiger charge is 2.31. The summed E-state index contributed by atoms with van der Waals surface area (Å²) in [6.45, 7) is 2.51. The van der Waals surface area contributed by atoms with E-state index < -0.39 is 17.8 Å². The topological polar surface area (TPSA) is 52.6 Å². The molecule has 22 heavy (non-hydrogen) atoms. The van der Waals surface area contributed by atoms with Crippen molar-refractivity contribution in [1.29, 1.82) is 0 Å². The van der Waals surface area contributed by atoms with E-state index in [2.05, 4.69) is 5.32 Å². The number of aliphatic hydroxyl groups excluding tert-OH is 1. The lowest BCUT2D eigenvalue weighted by Crippen LogP contribution is -2.43. The first-order valence-corrected chi connectivity index (χ1v) is 7.15. The Labute approximate surface area is 126 Å². The fourth-order valence-electron chi connectivity index (χ4n) is 2.62. The van der Waals surface area contributed by atoms with E-state index in [9.17, 15) is 18.0 Å². The predicted molar refractivity (Wildman–Crippen MR) is 76.6 cm³/mol. The van der Waals surface area contributed by atoms with Gasteiger partial charge in [-0.2, -0.15) is 13.2 Å². The van der Waals surface area contributed by atoms with Gasteiger partial charge in [0.2, 0.25) is 0 Å². The quantitative estimate of drug-likeness (QED) is 0.880. The van der Waals surface area contributed by atoms with Crippen molar-refractivity contribution >= 4 is 11.7 Å². The summed E-state index contributed by atoms with van der Waals surface area (Å²) < 4.78 is 38.4. The number of piperidine rings is 1. The maximum absolute atomic E-state index is 12.8. The van der Waals surface area contributed by atoms with Crippen molar-refractivity contribution in [1.82, 2.24) is 4.90 Å². The van der Waals surface area contributed by atoms with E-state index in [4.69, 9.17) is 5.11 Å². The van der Waals surface area contributed by atoms with E-state index in [-0.39, 0.29) is 18.2 Å². The Balaban J connectivity index is 2.10. The van der Waals surface area contributed by atoms with Crippen molar-refractivity contribution in [3.63, 3.8) is 0 Å². The van der Waals surface area contributed by atoms with Crippen LogP contribution in [0, 0.1) is 12.8 Å². The van der Waals surface area contributed by atoms with E-state index in [0.717, 1.165) is 25.0 Å². The van der Waals surface area contributed by atoms with Crippen LogP contribution < -0.4 is 5.32 Å². The highest BCUT2D eigenvalue weighted by atomic mass is 19.4. The molecule has 122 valence electrons. The van der Waals surface area contributed by atoms with Gasteiger partial charge in [-0.15, -0.1) is 0 Å². The van der Waals surface area contributed by atoms with Crippen LogP contribution in [0.25, 0.3) is 0 Å². The zero-order valence-electron chi connectivity index (χ0n) is 12.3. The Morgan fingerprint density at radius 3 is 2.77 bits per heavy atom. The Hall–Kier alpha value is -1.76. The van der Waals surface area contributed by atoms with Gasteiger partial charge in [0.15, 0.2) is 0 Å². The van der Waals surface area contributed by atoms with Gasteiger partial charge < -0.3 is 15.3 Å². The van der Waals surface area contributed by atoms with Gasteiger partial charge in [-0.05, 0) is 49.4 Å². The van der Waals surface area contributed by atoms with Crippen molar-refractivity contribution in [2.45, 2.75) is 25.9 Å². The van der Waals surface area contributed by atoms with Crippen molar-refractivity contribution in [2.24, 2.45) is 5.92 Å². The number of nitrogens with zero attached hydrogens (tertiary/aromatic N) is 1. The Morgan fingerprint density at radius 2 is 2.14 bits per heavy atom. The van der Waals surface area contributed by atoms with Gasteiger partial charge in [-0.3, -0.25) is 0 Å². The number of alkyl halides is 3. The highest BCUT2D eigenvalue weighted by Crippen LogP contribution is 2.32. The average molecular weight is 316 g/mol. The number of halogens is 3. The lowest BCUT2D eigenvalue weighted by atomic mass is 9.99. The number of hydrogen-bond donors (Lipinski definition) is 2. The SMILES string of the molecule is Cc1cc(NC(=O)N2CCC[C@@H](CO)C2)cc(C(F)(F)F)c1. The average Bonchev–Trinajstić information content (AvgIpc) is 2.45. The summed E-state index contributed by atoms with van der Waals surface area (Å²) in [7, 11) is 0. The van der Waals surface area contributed by atoms with Crippen LogP contribution in [0.3, 0.4) is 0 Å². The molecule has 0 aliphatic carbocycles. The summed E-state index contributed by atoms with van der Waals surface area (Å²) in [6.07, 6.45) is -2.82. The van der Waals surface area contributed by atoms with Gasteiger partial charge in [-0.25, -0.2) is 4.79 Å². The molecule has 1 atom stereocenters. The van der Waals surface area contributed by atoms with E-state index >= 15 is 0 Å². The molecular formula is C15H19F3N2O2. The van der Waals surface area contributed by atoms with Gasteiger partial charge in [0.25, 0.3) is 0 Å². The van der Waals surface area contributed by atoms with Crippen LogP contribution in [0.15, 0.2) is 18.2 Å². The number of nitrogens with one attached hydrogen (secondary N) is 1. The lowest BCUT2D eigenvalue weighted by Gasteiger charge is -2.31. The minimum absolute atomic E-state index is 0.00640. The first kappa shape index (κ1) is 16.6. The summed E-state index contributed by atoms with van der Waals surface area (Å²) in [4.78, 5) is 13.7. The molecule has 1 aliphatic rings. The zero-order chi connectivity index (χ0) is 16.3. The first-order valence-electron chi connectivity index (χ1n) is 7.15. The third kappa shape index (κ3) is 4.13. The fraction of sp³-hybridized carbons (Fsp3) is 0.533. The number of rotatable bonds is 2. The Bertz CT molecular complexity index is 546. The zero-order valence-corrected chi connectivity index (χ0v) is 12.3. The molecule has 0 saturated carbocycles. The van der Waals surface area contributed by atoms with Crippen LogP contribution in [0.5, 0.6) is 0 Å². The van der Waals surface area contributed by atoms with E-state index in [1.54, 1.807) is 6.92 Å². The standard InChI is InChI=1S/C15H19F3N2O2/c1-10-5-12(15(16,17)18)7-13(6-10)19-14(22)20-4-2-3-11(8-20)9-21/h5-7,11,21H,2-4,8-9H2,1H3,(H,19,22)/t11-/m1/s1. The molecule has 0 spiro atoms. The molecule has 1 aromatic rings. The number of amides is 2. The third-order valence-electron chi connectivity index (χ3n) is 3.72. The molecule has 0 bridgehead atoms. The second kappa shape index (κ2) is 6.56. The van der Waals surface area contributed by atoms with Crippen LogP contribution in [0.1, 0.15) is 24.0 Å². The number of benzene rings is 1. The van der Waals surface area contributed by atoms with Crippen LogP contribution in [0.2, 0.25) is 0 Å². The number of likely N-dealkylation sites (tertiary alicyclic amines) is 1. The number of carbonyl (C=O) groups excluding carboxylic acids is 1. The highest BCUT2D eigenvalue weighted by molar-refractivity contribution is 5.89. The Morgan fingerprint density at radius 1 is 1.41 bits per heavy atom. The maximum Gasteiger partial charge on any atom is 0.416 e. The van der Waals surface area contributed by atoms with Gasteiger partial charge in [0.05, 0.1) is 5.56 Å². The molecule has 7 heteroatoms. The van der Waals surface area contributed by atoms with Crippen LogP contribution in [-0.4, -0.2) is 35.7 Å². The molecule has 0 aromatic heterocycles. The molecule has 1 aliphatic heterocycles. The van der Waals surface area contributed by atoms with Crippen molar-refractivity contribution in [2.75, 3.05) is 25.0 Å². The molecule has 0 radical (unpaired) electrons. The number of carbonyl (C=O) groups is 1. The number of aryl methyl sites for hydroxylation is 1. The second-order valence-electron chi connectivity index (χ2n) is 5.65. The minimum atomic E-state index is -4.45. The van der Waals surface area contributed by atoms with Crippen molar-refractivity contribution in [3.8, 4) is 0 Å². The molecule has 2 N–H and O–H groups in total. The molecule has 4 nitrogen and oxygen atoms in total. The van der Waals surface area contributed by atoms with Crippen molar-refractivity contribution < 1.29 is 23.1 Å². The predicted octanol–water partition coefficient (Wildman–Crippen LogP) is 3.25. The van der Waals surface area contributed by atoms with Crippen molar-refractivity contribution in [3.05, 3.63) is 29.3 Å². The second-order valence-corrected chi connectivity index (χ2v) is 5.65. The van der Waals surface area contributed by atoms with Gasteiger partial charge in [0.1, 0.15) is 0 Å². The number of aliphatic hydroxyl groups is 1. The van der Waals surface area contributed by atoms with Crippen LogP contribution in [0.4, 0.5) is 23.7 Å². The third-order valence-corrected chi connectivity index (χ3v) is 3.72. The summed E-state index contributed by atoms with van der Waals surface area (Å²) in [5, 5.41) is 11.7. The maximum atomic E-state index is 12.8. The van der Waals surface area contributed by atoms with E-state index in [1.165, 1.54) is 11.0 Å². The normalized spacial score (nSPS) is 19.1. The van der Waals surface area contributed by atoms with Gasteiger partial charge >= 0.3 is 12.2 Å². The summed E-state index contributed by atoms with van der Waals surface area (Å²) >= 11 is 0. The molecule has 0 unspecified atom stereocenters. The van der Waals surface area contributed by atoms with Gasteiger partial charge in [-0.1, -0.05) is 0 Å². The molecule has 1 aromatic carbocycles. The molecule has 1 saturated heterocycles. The summed E-state index contributed by atoms with van der Waals surface area (Å²) in [5.74, 6) is 0.0303. The number of anilines is 1. The largest absolute Gasteiger partial charge is 0.416 e. The van der Waals surface area contributed by atoms with E-state index in [1.807, 2.05) is 0 Å². The van der Waals surface area contributed by atoms with E-state index in [0.29, 0.717) is 18.7 Å².